The number of hydrogen-bond donors (Lipinski definition) is 11. The van der Waals surface area contributed by atoms with Gasteiger partial charge < -0.3 is 80.5 Å². The number of amides is 3. The van der Waals surface area contributed by atoms with Crippen molar-refractivity contribution in [3.05, 3.63) is 0 Å². The lowest BCUT2D eigenvalue weighted by molar-refractivity contribution is -0.334. The van der Waals surface area contributed by atoms with E-state index in [0.717, 1.165) is 20.8 Å². The van der Waals surface area contributed by atoms with Crippen molar-refractivity contribution < 1.29 is 78.9 Å². The molecule has 0 aromatic heterocycles. The molecule has 3 aliphatic heterocycles. The van der Waals surface area contributed by atoms with Crippen LogP contribution in [0.4, 0.5) is 0 Å². The molecule has 0 aromatic carbocycles. The summed E-state index contributed by atoms with van der Waals surface area (Å²) in [5, 5.41) is 89.7. The SMILES string of the molecule is CC(=O)N[C@@H]1[C@@H](O)[C@@H](O)[C@@H](CO[C@@H]2O[C@H](CO)[C@@H](O)[C@H](O[C@@H]3O[C@H](CO)[C@@H](O)[C@H](O)[C@H]3NC(C)=O)[C@H]2NC(C)=O)O[C@@H]1O. The summed E-state index contributed by atoms with van der Waals surface area (Å²) < 4.78 is 28.1. The zero-order valence-electron chi connectivity index (χ0n) is 23.6. The summed E-state index contributed by atoms with van der Waals surface area (Å²) in [6.07, 6.45) is -18.9. The number of rotatable bonds is 10. The van der Waals surface area contributed by atoms with E-state index < -0.39 is 129 Å². The minimum Gasteiger partial charge on any atom is -0.394 e. The first kappa shape index (κ1) is 35.4. The fraction of sp³-hybridized carbons (Fsp3) is 0.875. The fourth-order valence-corrected chi connectivity index (χ4v) is 5.17. The van der Waals surface area contributed by atoms with E-state index in [-0.39, 0.29) is 0 Å². The number of hydrogen-bond acceptors (Lipinski definition) is 16. The van der Waals surface area contributed by atoms with Crippen LogP contribution in [-0.4, -0.2) is 170 Å². The molecule has 3 amide bonds. The first-order valence-corrected chi connectivity index (χ1v) is 13.5. The molecule has 3 saturated heterocycles. The summed E-state index contributed by atoms with van der Waals surface area (Å²) >= 11 is 0. The summed E-state index contributed by atoms with van der Waals surface area (Å²) in [5.41, 5.74) is 0. The average Bonchev–Trinajstić information content (AvgIpc) is 2.93. The van der Waals surface area contributed by atoms with Crippen molar-refractivity contribution in [2.24, 2.45) is 0 Å². The Labute approximate surface area is 245 Å². The Kier molecular flexibility index (Phi) is 12.5. The van der Waals surface area contributed by atoms with Gasteiger partial charge in [-0.05, 0) is 0 Å². The fourth-order valence-electron chi connectivity index (χ4n) is 5.17. The van der Waals surface area contributed by atoms with Gasteiger partial charge in [0, 0.05) is 20.8 Å². The topological polar surface area (TPSA) is 295 Å². The van der Waals surface area contributed by atoms with Crippen molar-refractivity contribution in [3.8, 4) is 0 Å². The second-order valence-electron chi connectivity index (χ2n) is 10.6. The van der Waals surface area contributed by atoms with Gasteiger partial charge in [-0.2, -0.15) is 0 Å². The van der Waals surface area contributed by atoms with Crippen LogP contribution in [0.2, 0.25) is 0 Å². The highest BCUT2D eigenvalue weighted by Crippen LogP contribution is 2.30. The van der Waals surface area contributed by atoms with Crippen molar-refractivity contribution in [1.82, 2.24) is 16.0 Å². The smallest absolute Gasteiger partial charge is 0.217 e. The van der Waals surface area contributed by atoms with E-state index in [2.05, 4.69) is 16.0 Å². The predicted molar refractivity (Wildman–Crippen MR) is 136 cm³/mol. The molecule has 0 bridgehead atoms. The van der Waals surface area contributed by atoms with Crippen LogP contribution in [-0.2, 0) is 38.1 Å². The van der Waals surface area contributed by atoms with Crippen molar-refractivity contribution in [3.63, 3.8) is 0 Å². The molecular formula is C24H41N3O16. The van der Waals surface area contributed by atoms with Gasteiger partial charge in [-0.3, -0.25) is 14.4 Å². The Balaban J connectivity index is 1.84. The minimum atomic E-state index is -1.74. The number of nitrogens with one attached hydrogen (secondary N) is 3. The number of aliphatic hydroxyl groups is 8. The van der Waals surface area contributed by atoms with Crippen LogP contribution in [0, 0.1) is 0 Å². The molecule has 3 rings (SSSR count). The van der Waals surface area contributed by atoms with E-state index in [4.69, 9.17) is 23.7 Å². The monoisotopic (exact) mass is 627 g/mol. The van der Waals surface area contributed by atoms with Gasteiger partial charge >= 0.3 is 0 Å². The van der Waals surface area contributed by atoms with Gasteiger partial charge in [0.15, 0.2) is 18.9 Å². The maximum absolute atomic E-state index is 12.2. The number of carbonyl (C=O) groups is 3. The molecule has 43 heavy (non-hydrogen) atoms. The normalized spacial score (nSPS) is 43.5. The molecule has 15 atom stereocenters. The Hall–Kier alpha value is -2.11. The summed E-state index contributed by atoms with van der Waals surface area (Å²) in [7, 11) is 0. The first-order valence-electron chi connectivity index (χ1n) is 13.5. The van der Waals surface area contributed by atoms with Gasteiger partial charge in [0.05, 0.1) is 19.8 Å². The largest absolute Gasteiger partial charge is 0.394 e. The van der Waals surface area contributed by atoms with Crippen molar-refractivity contribution in [2.75, 3.05) is 19.8 Å². The lowest BCUT2D eigenvalue weighted by Gasteiger charge is -2.48. The minimum absolute atomic E-state index is 0.588. The lowest BCUT2D eigenvalue weighted by Crippen LogP contribution is -2.70. The Bertz CT molecular complexity index is 962. The molecule has 248 valence electrons. The molecular weight excluding hydrogens is 586 g/mol. The molecule has 11 N–H and O–H groups in total. The average molecular weight is 628 g/mol. The third-order valence-electron chi connectivity index (χ3n) is 7.28. The van der Waals surface area contributed by atoms with Crippen LogP contribution in [0.1, 0.15) is 20.8 Å². The van der Waals surface area contributed by atoms with E-state index in [0.29, 0.717) is 0 Å². The molecule has 3 heterocycles. The van der Waals surface area contributed by atoms with E-state index in [9.17, 15) is 55.2 Å². The molecule has 19 nitrogen and oxygen atoms in total. The van der Waals surface area contributed by atoms with Gasteiger partial charge in [-0.15, -0.1) is 0 Å². The summed E-state index contributed by atoms with van der Waals surface area (Å²) in [6.45, 7) is 1.25. The van der Waals surface area contributed by atoms with Crippen LogP contribution in [0.3, 0.4) is 0 Å². The maximum Gasteiger partial charge on any atom is 0.217 e. The summed E-state index contributed by atoms with van der Waals surface area (Å²) in [6, 6.07) is -4.16. The molecule has 0 aliphatic carbocycles. The van der Waals surface area contributed by atoms with Gasteiger partial charge in [0.2, 0.25) is 17.7 Å². The molecule has 3 fully saturated rings. The maximum atomic E-state index is 12.2. The Morgan fingerprint density at radius 3 is 1.63 bits per heavy atom. The molecule has 3 aliphatic rings. The van der Waals surface area contributed by atoms with Crippen LogP contribution in [0.25, 0.3) is 0 Å². The van der Waals surface area contributed by atoms with Gasteiger partial charge in [-0.25, -0.2) is 0 Å². The Morgan fingerprint density at radius 2 is 1.07 bits per heavy atom. The Morgan fingerprint density at radius 1 is 0.605 bits per heavy atom. The standard InChI is InChI=1S/C24H41N3O16/c1-7(30)25-13-19(36)17(34)12(40-22(13)38)6-39-23-15(27-9(3)32)21(18(35)11(5-29)41-23)43-24-14(26-8(2)31)20(37)16(33)10(4-28)42-24/h10-24,28-29,33-38H,4-6H2,1-3H3,(H,25,30)(H,26,31)(H,27,32)/t10-,11-,12-,13-,14-,15-,16-,17+,18-,19-,20-,21-,22+,23-,24+/m1/s1. The molecule has 0 saturated carbocycles. The number of ether oxygens (including phenoxy) is 5. The first-order chi connectivity index (χ1) is 20.2. The lowest BCUT2D eigenvalue weighted by atomic mass is 9.94. The van der Waals surface area contributed by atoms with Crippen LogP contribution < -0.4 is 16.0 Å². The number of carbonyl (C=O) groups excluding carboxylic acids is 3. The molecule has 0 unspecified atom stereocenters. The van der Waals surface area contributed by atoms with Gasteiger partial charge in [0.25, 0.3) is 0 Å². The zero-order valence-corrected chi connectivity index (χ0v) is 23.6. The van der Waals surface area contributed by atoms with E-state index in [1.54, 1.807) is 0 Å². The number of aliphatic hydroxyl groups excluding tert-OH is 8. The van der Waals surface area contributed by atoms with Crippen LogP contribution >= 0.6 is 0 Å². The zero-order chi connectivity index (χ0) is 32.2. The third kappa shape index (κ3) is 8.34. The van der Waals surface area contributed by atoms with E-state index >= 15 is 0 Å². The quantitative estimate of drug-likeness (QED) is 0.107. The molecule has 0 aromatic rings. The predicted octanol–water partition coefficient (Wildman–Crippen LogP) is -7.14. The molecule has 19 heteroatoms. The molecule has 0 spiro atoms. The van der Waals surface area contributed by atoms with Gasteiger partial charge in [0.1, 0.15) is 73.1 Å². The second-order valence-corrected chi connectivity index (χ2v) is 10.6. The highest BCUT2D eigenvalue weighted by atomic mass is 16.7. The summed E-state index contributed by atoms with van der Waals surface area (Å²) in [4.78, 5) is 35.4. The van der Waals surface area contributed by atoms with E-state index in [1.165, 1.54) is 0 Å². The summed E-state index contributed by atoms with van der Waals surface area (Å²) in [5.74, 6) is -1.90. The van der Waals surface area contributed by atoms with Crippen LogP contribution in [0.5, 0.6) is 0 Å². The third-order valence-corrected chi connectivity index (χ3v) is 7.28. The van der Waals surface area contributed by atoms with E-state index in [1.807, 2.05) is 0 Å². The van der Waals surface area contributed by atoms with Crippen LogP contribution in [0.15, 0.2) is 0 Å². The second kappa shape index (κ2) is 15.3. The highest BCUT2D eigenvalue weighted by molar-refractivity contribution is 5.74. The van der Waals surface area contributed by atoms with Crippen molar-refractivity contribution in [2.45, 2.75) is 113 Å². The van der Waals surface area contributed by atoms with Crippen molar-refractivity contribution in [1.29, 1.82) is 0 Å². The van der Waals surface area contributed by atoms with Gasteiger partial charge in [-0.1, -0.05) is 0 Å². The highest BCUT2D eigenvalue weighted by Gasteiger charge is 2.53. The van der Waals surface area contributed by atoms with Crippen molar-refractivity contribution >= 4 is 17.7 Å². The molecule has 0 radical (unpaired) electrons.